The summed E-state index contributed by atoms with van der Waals surface area (Å²) in [7, 11) is 0. The molecular weight excluding hydrogens is 238 g/mol. The molecule has 1 aromatic rings. The van der Waals surface area contributed by atoms with Crippen LogP contribution in [-0.2, 0) is 0 Å². The molecule has 1 heterocycles. The highest BCUT2D eigenvalue weighted by Crippen LogP contribution is 2.30. The molecule has 0 radical (unpaired) electrons. The lowest BCUT2D eigenvalue weighted by Gasteiger charge is -2.28. The molecule has 0 fully saturated rings. The molecule has 76 valence electrons. The maximum absolute atomic E-state index is 2.39. The molecule has 1 aliphatic rings. The lowest BCUT2D eigenvalue weighted by molar-refractivity contribution is 0.895. The second-order valence-electron chi connectivity index (χ2n) is 3.44. The van der Waals surface area contributed by atoms with E-state index >= 15 is 0 Å². The monoisotopic (exact) mass is 253 g/mol. The SMILES string of the molecule is Br.CCN1CC=C(C)c2ccccc21. The highest BCUT2D eigenvalue weighted by atomic mass is 79.9. The Kier molecular flexibility index (Phi) is 3.76. The van der Waals surface area contributed by atoms with Crippen molar-refractivity contribution in [1.29, 1.82) is 0 Å². The smallest absolute Gasteiger partial charge is 0.0445 e. The predicted molar refractivity (Wildman–Crippen MR) is 68.3 cm³/mol. The number of nitrogens with zero attached hydrogens (tertiary/aromatic N) is 1. The Labute approximate surface area is 96.2 Å². The molecule has 14 heavy (non-hydrogen) atoms. The summed E-state index contributed by atoms with van der Waals surface area (Å²) in [5.74, 6) is 0. The minimum atomic E-state index is 0. The van der Waals surface area contributed by atoms with E-state index in [1.165, 1.54) is 16.8 Å². The molecule has 0 N–H and O–H groups in total. The largest absolute Gasteiger partial charge is 0.368 e. The van der Waals surface area contributed by atoms with Crippen LogP contribution < -0.4 is 4.90 Å². The van der Waals surface area contributed by atoms with E-state index in [9.17, 15) is 0 Å². The second-order valence-corrected chi connectivity index (χ2v) is 3.44. The Morgan fingerprint density at radius 1 is 1.29 bits per heavy atom. The van der Waals surface area contributed by atoms with Gasteiger partial charge in [-0.3, -0.25) is 0 Å². The van der Waals surface area contributed by atoms with Gasteiger partial charge < -0.3 is 4.90 Å². The van der Waals surface area contributed by atoms with Crippen LogP contribution in [0.2, 0.25) is 0 Å². The number of benzene rings is 1. The van der Waals surface area contributed by atoms with Gasteiger partial charge in [-0.15, -0.1) is 17.0 Å². The summed E-state index contributed by atoms with van der Waals surface area (Å²) in [6.45, 7) is 6.53. The average molecular weight is 254 g/mol. The normalized spacial score (nSPS) is 14.1. The number of hydrogen-bond acceptors (Lipinski definition) is 1. The third-order valence-electron chi connectivity index (χ3n) is 2.67. The van der Waals surface area contributed by atoms with Gasteiger partial charge in [0.05, 0.1) is 0 Å². The van der Waals surface area contributed by atoms with Gasteiger partial charge in [0.1, 0.15) is 0 Å². The number of allylic oxidation sites excluding steroid dienone is 1. The van der Waals surface area contributed by atoms with Crippen molar-refractivity contribution in [1.82, 2.24) is 0 Å². The van der Waals surface area contributed by atoms with Gasteiger partial charge in [-0.25, -0.2) is 0 Å². The summed E-state index contributed by atoms with van der Waals surface area (Å²) in [5.41, 5.74) is 4.17. The van der Waals surface area contributed by atoms with Crippen LogP contribution in [-0.4, -0.2) is 13.1 Å². The molecule has 1 nitrogen and oxygen atoms in total. The number of likely N-dealkylation sites (N-methyl/N-ethyl adjacent to an activating group) is 1. The van der Waals surface area contributed by atoms with Gasteiger partial charge in [-0.2, -0.15) is 0 Å². The summed E-state index contributed by atoms with van der Waals surface area (Å²) >= 11 is 0. The first-order chi connectivity index (χ1) is 6.33. The zero-order valence-corrected chi connectivity index (χ0v) is 10.4. The second kappa shape index (κ2) is 4.65. The van der Waals surface area contributed by atoms with Crippen molar-refractivity contribution < 1.29 is 0 Å². The van der Waals surface area contributed by atoms with Crippen LogP contribution >= 0.6 is 17.0 Å². The van der Waals surface area contributed by atoms with Gasteiger partial charge in [0.25, 0.3) is 0 Å². The van der Waals surface area contributed by atoms with Gasteiger partial charge in [0, 0.05) is 24.3 Å². The first kappa shape index (κ1) is 11.3. The fourth-order valence-corrected chi connectivity index (χ4v) is 1.84. The third-order valence-corrected chi connectivity index (χ3v) is 2.67. The molecule has 0 aromatic heterocycles. The molecule has 0 bridgehead atoms. The summed E-state index contributed by atoms with van der Waals surface area (Å²) < 4.78 is 0. The highest BCUT2D eigenvalue weighted by molar-refractivity contribution is 8.93. The van der Waals surface area contributed by atoms with E-state index in [1.807, 2.05) is 0 Å². The van der Waals surface area contributed by atoms with Gasteiger partial charge in [0.2, 0.25) is 0 Å². The molecule has 0 spiro atoms. The molecule has 1 aromatic carbocycles. The molecule has 0 atom stereocenters. The molecule has 0 aliphatic carbocycles. The van der Waals surface area contributed by atoms with Crippen molar-refractivity contribution in [3.8, 4) is 0 Å². The van der Waals surface area contributed by atoms with Crippen LogP contribution in [0.15, 0.2) is 30.3 Å². The fourth-order valence-electron chi connectivity index (χ4n) is 1.84. The Morgan fingerprint density at radius 2 is 2.00 bits per heavy atom. The summed E-state index contributed by atoms with van der Waals surface area (Å²) in [6, 6.07) is 8.62. The van der Waals surface area contributed by atoms with Crippen LogP contribution in [0.25, 0.3) is 5.57 Å². The zero-order chi connectivity index (χ0) is 9.26. The number of fused-ring (bicyclic) bond motifs is 1. The Morgan fingerprint density at radius 3 is 2.71 bits per heavy atom. The number of para-hydroxylation sites is 1. The topological polar surface area (TPSA) is 3.24 Å². The van der Waals surface area contributed by atoms with E-state index in [2.05, 4.69) is 49.1 Å². The molecular formula is C12H16BrN. The van der Waals surface area contributed by atoms with Gasteiger partial charge >= 0.3 is 0 Å². The Hall–Kier alpha value is -0.760. The maximum atomic E-state index is 2.39. The Bertz CT molecular complexity index is 344. The first-order valence-corrected chi connectivity index (χ1v) is 4.84. The first-order valence-electron chi connectivity index (χ1n) is 4.84. The molecule has 1 aliphatic heterocycles. The quantitative estimate of drug-likeness (QED) is 0.741. The van der Waals surface area contributed by atoms with Crippen LogP contribution in [0.4, 0.5) is 5.69 Å². The molecule has 0 unspecified atom stereocenters. The van der Waals surface area contributed by atoms with Gasteiger partial charge in [-0.05, 0) is 25.5 Å². The minimum absolute atomic E-state index is 0. The van der Waals surface area contributed by atoms with E-state index in [0.29, 0.717) is 0 Å². The van der Waals surface area contributed by atoms with Crippen LogP contribution in [0.5, 0.6) is 0 Å². The van der Waals surface area contributed by atoms with E-state index in [1.54, 1.807) is 0 Å². The Balaban J connectivity index is 0.000000980. The van der Waals surface area contributed by atoms with E-state index in [4.69, 9.17) is 0 Å². The lowest BCUT2D eigenvalue weighted by Crippen LogP contribution is -2.26. The summed E-state index contributed by atoms with van der Waals surface area (Å²) in [4.78, 5) is 2.39. The zero-order valence-electron chi connectivity index (χ0n) is 8.66. The number of rotatable bonds is 1. The van der Waals surface area contributed by atoms with Crippen molar-refractivity contribution in [3.05, 3.63) is 35.9 Å². The molecule has 2 rings (SSSR count). The summed E-state index contributed by atoms with van der Waals surface area (Å²) in [6.07, 6.45) is 2.30. The molecule has 0 saturated carbocycles. The molecule has 0 amide bonds. The fraction of sp³-hybridized carbons (Fsp3) is 0.333. The van der Waals surface area contributed by atoms with E-state index < -0.39 is 0 Å². The van der Waals surface area contributed by atoms with Gasteiger partial charge in [-0.1, -0.05) is 24.3 Å². The van der Waals surface area contributed by atoms with E-state index in [-0.39, 0.29) is 17.0 Å². The molecule has 0 saturated heterocycles. The summed E-state index contributed by atoms with van der Waals surface area (Å²) in [5, 5.41) is 0. The van der Waals surface area contributed by atoms with Crippen molar-refractivity contribution in [3.63, 3.8) is 0 Å². The van der Waals surface area contributed by atoms with Crippen molar-refractivity contribution in [2.24, 2.45) is 0 Å². The molecule has 2 heteroatoms. The van der Waals surface area contributed by atoms with Crippen molar-refractivity contribution in [2.75, 3.05) is 18.0 Å². The third kappa shape index (κ3) is 1.85. The lowest BCUT2D eigenvalue weighted by atomic mass is 10.0. The predicted octanol–water partition coefficient (Wildman–Crippen LogP) is 3.51. The highest BCUT2D eigenvalue weighted by Gasteiger charge is 2.13. The standard InChI is InChI=1S/C12H15N.BrH/c1-3-13-9-8-10(2)11-6-4-5-7-12(11)13;/h4-8H,3,9H2,1-2H3;1H. The van der Waals surface area contributed by atoms with E-state index in [0.717, 1.165) is 13.1 Å². The van der Waals surface area contributed by atoms with Crippen molar-refractivity contribution in [2.45, 2.75) is 13.8 Å². The van der Waals surface area contributed by atoms with Gasteiger partial charge in [0.15, 0.2) is 0 Å². The average Bonchev–Trinajstić information content (AvgIpc) is 2.19. The van der Waals surface area contributed by atoms with Crippen molar-refractivity contribution >= 4 is 28.2 Å². The van der Waals surface area contributed by atoms with Crippen LogP contribution in [0.3, 0.4) is 0 Å². The minimum Gasteiger partial charge on any atom is -0.368 e. The number of halogens is 1. The van der Waals surface area contributed by atoms with Crippen LogP contribution in [0.1, 0.15) is 19.4 Å². The maximum Gasteiger partial charge on any atom is 0.0445 e. The van der Waals surface area contributed by atoms with Crippen LogP contribution in [0, 0.1) is 0 Å². The number of anilines is 1. The number of hydrogen-bond donors (Lipinski definition) is 0.